The van der Waals surface area contributed by atoms with Gasteiger partial charge in [-0.3, -0.25) is 0 Å². The summed E-state index contributed by atoms with van der Waals surface area (Å²) in [5.74, 6) is 1.54. The highest BCUT2D eigenvalue weighted by molar-refractivity contribution is 5.82. The van der Waals surface area contributed by atoms with Gasteiger partial charge in [0.15, 0.2) is 11.5 Å². The van der Waals surface area contributed by atoms with Crippen molar-refractivity contribution in [2.45, 2.75) is 13.1 Å². The molecule has 2 N–H and O–H groups in total. The number of nitrogens with one attached hydrogen (secondary N) is 2. The van der Waals surface area contributed by atoms with E-state index in [-0.39, 0.29) is 0 Å². The van der Waals surface area contributed by atoms with Crippen LogP contribution in [0.1, 0.15) is 11.4 Å². The molecule has 108 valence electrons. The largest absolute Gasteiger partial charge is 0.364 e. The smallest absolute Gasteiger partial charge is 0.163 e. The molecule has 0 amide bonds. The Balaban J connectivity index is 1.87. The molecule has 0 radical (unpaired) electrons. The lowest BCUT2D eigenvalue weighted by Gasteiger charge is -2.11. The molecular weight excluding hydrogens is 264 g/mol. The van der Waals surface area contributed by atoms with Gasteiger partial charge in [-0.05, 0) is 19.7 Å². The van der Waals surface area contributed by atoms with E-state index in [1.807, 2.05) is 37.2 Å². The summed E-state index contributed by atoms with van der Waals surface area (Å²) in [6.07, 6.45) is 1.65. The third-order valence-corrected chi connectivity index (χ3v) is 3.09. The molecular formula is C15H18N6. The average Bonchev–Trinajstić information content (AvgIpc) is 2.93. The van der Waals surface area contributed by atoms with Crippen LogP contribution in [-0.4, -0.2) is 38.9 Å². The maximum atomic E-state index is 4.58. The Hall–Kier alpha value is -2.47. The summed E-state index contributed by atoms with van der Waals surface area (Å²) in [6, 6.07) is 10.2. The number of anilines is 1. The highest BCUT2D eigenvalue weighted by Crippen LogP contribution is 2.17. The highest BCUT2D eigenvalue weighted by Gasteiger charge is 2.10. The molecule has 2 heterocycles. The van der Waals surface area contributed by atoms with E-state index in [4.69, 9.17) is 0 Å². The van der Waals surface area contributed by atoms with E-state index in [2.05, 4.69) is 37.4 Å². The van der Waals surface area contributed by atoms with Crippen LogP contribution in [0.5, 0.6) is 0 Å². The molecule has 0 bridgehead atoms. The van der Waals surface area contributed by atoms with Crippen LogP contribution in [0.2, 0.25) is 0 Å². The molecule has 0 fully saturated rings. The summed E-state index contributed by atoms with van der Waals surface area (Å²) >= 11 is 0. The minimum Gasteiger partial charge on any atom is -0.364 e. The zero-order chi connectivity index (χ0) is 14.7. The summed E-state index contributed by atoms with van der Waals surface area (Å²) in [5, 5.41) is 3.35. The Labute approximate surface area is 123 Å². The van der Waals surface area contributed by atoms with Crippen LogP contribution in [0.15, 0.2) is 36.7 Å². The van der Waals surface area contributed by atoms with Crippen LogP contribution in [0.3, 0.4) is 0 Å². The third kappa shape index (κ3) is 3.17. The number of hydrogen-bond donors (Lipinski definition) is 2. The fourth-order valence-electron chi connectivity index (χ4n) is 2.14. The van der Waals surface area contributed by atoms with Crippen LogP contribution >= 0.6 is 0 Å². The van der Waals surface area contributed by atoms with Gasteiger partial charge >= 0.3 is 0 Å². The van der Waals surface area contributed by atoms with Crippen LogP contribution < -0.4 is 5.32 Å². The number of fused-ring (bicyclic) bond motifs is 1. The SMILES string of the molecule is CN(C)Cc1nc(NCc2ccccc2)c2nc[nH]c2n1. The molecule has 0 saturated heterocycles. The second-order valence-electron chi connectivity index (χ2n) is 5.17. The van der Waals surface area contributed by atoms with Crippen LogP contribution in [0.25, 0.3) is 11.2 Å². The summed E-state index contributed by atoms with van der Waals surface area (Å²) in [4.78, 5) is 18.4. The van der Waals surface area contributed by atoms with Gasteiger partial charge in [-0.1, -0.05) is 30.3 Å². The van der Waals surface area contributed by atoms with Gasteiger partial charge in [0.05, 0.1) is 12.9 Å². The minimum absolute atomic E-state index is 0.689. The fraction of sp³-hybridized carbons (Fsp3) is 0.267. The lowest BCUT2D eigenvalue weighted by molar-refractivity contribution is 0.391. The first-order chi connectivity index (χ1) is 10.2. The van der Waals surface area contributed by atoms with E-state index in [1.165, 1.54) is 5.56 Å². The van der Waals surface area contributed by atoms with Gasteiger partial charge in [0.25, 0.3) is 0 Å². The van der Waals surface area contributed by atoms with Gasteiger partial charge in [-0.2, -0.15) is 0 Å². The molecule has 6 heteroatoms. The Bertz CT molecular complexity index is 719. The molecule has 1 aromatic carbocycles. The van der Waals surface area contributed by atoms with Crippen molar-refractivity contribution in [1.82, 2.24) is 24.8 Å². The maximum Gasteiger partial charge on any atom is 0.163 e. The number of H-pyrrole nitrogens is 1. The molecule has 21 heavy (non-hydrogen) atoms. The minimum atomic E-state index is 0.689. The summed E-state index contributed by atoms with van der Waals surface area (Å²) in [7, 11) is 4.00. The van der Waals surface area contributed by atoms with Crippen molar-refractivity contribution in [1.29, 1.82) is 0 Å². The number of rotatable bonds is 5. The van der Waals surface area contributed by atoms with Gasteiger partial charge in [-0.15, -0.1) is 0 Å². The van der Waals surface area contributed by atoms with E-state index >= 15 is 0 Å². The molecule has 2 aromatic heterocycles. The molecule has 3 aromatic rings. The Kier molecular flexibility index (Phi) is 3.79. The quantitative estimate of drug-likeness (QED) is 0.749. The van der Waals surface area contributed by atoms with Gasteiger partial charge in [0, 0.05) is 6.54 Å². The molecule has 0 unspecified atom stereocenters. The van der Waals surface area contributed by atoms with Crippen LogP contribution in [0.4, 0.5) is 5.82 Å². The van der Waals surface area contributed by atoms with Crippen molar-refractivity contribution < 1.29 is 0 Å². The lowest BCUT2D eigenvalue weighted by Crippen LogP contribution is -2.14. The molecule has 6 nitrogen and oxygen atoms in total. The van der Waals surface area contributed by atoms with Gasteiger partial charge < -0.3 is 15.2 Å². The van der Waals surface area contributed by atoms with E-state index in [0.29, 0.717) is 13.1 Å². The van der Waals surface area contributed by atoms with E-state index in [0.717, 1.165) is 22.8 Å². The fourth-order valence-corrected chi connectivity index (χ4v) is 2.14. The van der Waals surface area contributed by atoms with E-state index < -0.39 is 0 Å². The highest BCUT2D eigenvalue weighted by atomic mass is 15.1. The predicted octanol–water partition coefficient (Wildman–Crippen LogP) is 2.03. The Morgan fingerprint density at radius 3 is 2.71 bits per heavy atom. The van der Waals surface area contributed by atoms with Crippen molar-refractivity contribution in [3.8, 4) is 0 Å². The number of aromatic amines is 1. The zero-order valence-corrected chi connectivity index (χ0v) is 12.2. The van der Waals surface area contributed by atoms with Gasteiger partial charge in [-0.25, -0.2) is 15.0 Å². The average molecular weight is 282 g/mol. The number of hydrogen-bond acceptors (Lipinski definition) is 5. The van der Waals surface area contributed by atoms with Crippen molar-refractivity contribution >= 4 is 17.0 Å². The topological polar surface area (TPSA) is 69.7 Å². The third-order valence-electron chi connectivity index (χ3n) is 3.09. The molecule has 0 aliphatic heterocycles. The number of benzene rings is 1. The molecule has 0 aliphatic rings. The molecule has 0 atom stereocenters. The molecule has 0 aliphatic carbocycles. The Morgan fingerprint density at radius 2 is 1.95 bits per heavy atom. The van der Waals surface area contributed by atoms with E-state index in [1.54, 1.807) is 6.33 Å². The van der Waals surface area contributed by atoms with Crippen molar-refractivity contribution in [2.24, 2.45) is 0 Å². The first-order valence-electron chi connectivity index (χ1n) is 6.85. The maximum absolute atomic E-state index is 4.58. The number of nitrogens with zero attached hydrogens (tertiary/aromatic N) is 4. The van der Waals surface area contributed by atoms with Crippen molar-refractivity contribution in [3.63, 3.8) is 0 Å². The second kappa shape index (κ2) is 5.88. The first-order valence-corrected chi connectivity index (χ1v) is 6.85. The second-order valence-corrected chi connectivity index (χ2v) is 5.17. The zero-order valence-electron chi connectivity index (χ0n) is 12.2. The molecule has 3 rings (SSSR count). The van der Waals surface area contributed by atoms with Crippen molar-refractivity contribution in [2.75, 3.05) is 19.4 Å². The Morgan fingerprint density at radius 1 is 1.14 bits per heavy atom. The van der Waals surface area contributed by atoms with Crippen LogP contribution in [0, 0.1) is 0 Å². The van der Waals surface area contributed by atoms with E-state index in [9.17, 15) is 0 Å². The summed E-state index contributed by atoms with van der Waals surface area (Å²) in [5.41, 5.74) is 2.74. The van der Waals surface area contributed by atoms with Crippen LogP contribution in [-0.2, 0) is 13.1 Å². The van der Waals surface area contributed by atoms with Gasteiger partial charge in [0.2, 0.25) is 0 Å². The molecule has 0 spiro atoms. The number of aromatic nitrogens is 4. The summed E-state index contributed by atoms with van der Waals surface area (Å²) in [6.45, 7) is 1.40. The molecule has 0 saturated carbocycles. The lowest BCUT2D eigenvalue weighted by atomic mass is 10.2. The first kappa shape index (κ1) is 13.5. The predicted molar refractivity (Wildman–Crippen MR) is 82.8 cm³/mol. The summed E-state index contributed by atoms with van der Waals surface area (Å²) < 4.78 is 0. The standard InChI is InChI=1S/C15H18N6/c1-21(2)9-12-19-14(13-15(20-12)18-10-17-13)16-8-11-6-4-3-5-7-11/h3-7,10H,8-9H2,1-2H3,(H2,16,17,18,19,20). The van der Waals surface area contributed by atoms with Crippen molar-refractivity contribution in [3.05, 3.63) is 48.0 Å². The number of imidazole rings is 1. The van der Waals surface area contributed by atoms with Gasteiger partial charge in [0.1, 0.15) is 11.3 Å². The monoisotopic (exact) mass is 282 g/mol. The normalized spacial score (nSPS) is 11.2.